The fourth-order valence-corrected chi connectivity index (χ4v) is 4.12. The zero-order valence-corrected chi connectivity index (χ0v) is 15.8. The third-order valence-corrected chi connectivity index (χ3v) is 5.54. The van der Waals surface area contributed by atoms with E-state index in [9.17, 15) is 9.59 Å². The summed E-state index contributed by atoms with van der Waals surface area (Å²) in [4.78, 5) is 30.0. The van der Waals surface area contributed by atoms with E-state index in [4.69, 9.17) is 11.6 Å². The van der Waals surface area contributed by atoms with Gasteiger partial charge in [-0.05, 0) is 12.0 Å². The SMILES string of the molecule is O=C1C(Cl)=C(N2CCCN(Cc3ccccc3)CC2)C(=O)c2ccccc21. The molecule has 0 unspecified atom stereocenters. The van der Waals surface area contributed by atoms with Crippen LogP contribution >= 0.6 is 11.6 Å². The first-order chi connectivity index (χ1) is 13.1. The molecule has 0 amide bonds. The molecule has 2 aromatic rings. The van der Waals surface area contributed by atoms with Gasteiger partial charge in [-0.1, -0.05) is 66.2 Å². The van der Waals surface area contributed by atoms with Gasteiger partial charge in [0.2, 0.25) is 11.6 Å². The Morgan fingerprint density at radius 3 is 2.19 bits per heavy atom. The number of ketones is 2. The molecule has 1 heterocycles. The first-order valence-electron chi connectivity index (χ1n) is 9.24. The summed E-state index contributed by atoms with van der Waals surface area (Å²) in [5, 5.41) is 0.0511. The Labute approximate surface area is 164 Å². The highest BCUT2D eigenvalue weighted by Crippen LogP contribution is 2.31. The van der Waals surface area contributed by atoms with Crippen LogP contribution < -0.4 is 0 Å². The van der Waals surface area contributed by atoms with Crippen molar-refractivity contribution >= 4 is 23.2 Å². The van der Waals surface area contributed by atoms with E-state index in [1.807, 2.05) is 23.1 Å². The minimum atomic E-state index is -0.257. The Morgan fingerprint density at radius 1 is 0.778 bits per heavy atom. The molecule has 27 heavy (non-hydrogen) atoms. The van der Waals surface area contributed by atoms with Crippen LogP contribution in [0.3, 0.4) is 0 Å². The molecule has 5 heteroatoms. The third-order valence-electron chi connectivity index (χ3n) is 5.19. The Bertz CT molecular complexity index is 908. The molecule has 1 aliphatic heterocycles. The van der Waals surface area contributed by atoms with E-state index in [0.717, 1.165) is 32.6 Å². The monoisotopic (exact) mass is 380 g/mol. The molecule has 2 aliphatic rings. The second kappa shape index (κ2) is 7.67. The molecule has 1 fully saturated rings. The number of carbonyl (C=O) groups excluding carboxylic acids is 2. The van der Waals surface area contributed by atoms with Crippen molar-refractivity contribution in [3.05, 3.63) is 82.0 Å². The summed E-state index contributed by atoms with van der Waals surface area (Å²) in [6.45, 7) is 4.06. The van der Waals surface area contributed by atoms with Gasteiger partial charge in [0.25, 0.3) is 0 Å². The van der Waals surface area contributed by atoms with E-state index in [2.05, 4.69) is 17.0 Å². The Kier molecular flexibility index (Phi) is 5.10. The van der Waals surface area contributed by atoms with Crippen LogP contribution in [-0.4, -0.2) is 47.5 Å². The number of hydrogen-bond donors (Lipinski definition) is 0. The first kappa shape index (κ1) is 18.0. The second-order valence-electron chi connectivity index (χ2n) is 6.97. The average Bonchev–Trinajstić information content (AvgIpc) is 2.93. The van der Waals surface area contributed by atoms with Crippen LogP contribution in [0.5, 0.6) is 0 Å². The van der Waals surface area contributed by atoms with Gasteiger partial charge in [-0.3, -0.25) is 14.5 Å². The second-order valence-corrected chi connectivity index (χ2v) is 7.35. The van der Waals surface area contributed by atoms with Crippen molar-refractivity contribution in [3.8, 4) is 0 Å². The maximum Gasteiger partial charge on any atom is 0.211 e. The molecule has 138 valence electrons. The number of nitrogens with zero attached hydrogens (tertiary/aromatic N) is 2. The number of halogens is 1. The van der Waals surface area contributed by atoms with E-state index in [1.165, 1.54) is 5.56 Å². The lowest BCUT2D eigenvalue weighted by molar-refractivity contribution is 0.0947. The Morgan fingerprint density at radius 2 is 1.44 bits per heavy atom. The quantitative estimate of drug-likeness (QED) is 0.813. The van der Waals surface area contributed by atoms with Crippen molar-refractivity contribution in [1.29, 1.82) is 0 Å². The summed E-state index contributed by atoms with van der Waals surface area (Å²) >= 11 is 6.36. The van der Waals surface area contributed by atoms with E-state index >= 15 is 0 Å². The predicted octanol–water partition coefficient (Wildman–Crippen LogP) is 3.72. The van der Waals surface area contributed by atoms with Crippen LogP contribution in [0.25, 0.3) is 0 Å². The number of benzene rings is 2. The summed E-state index contributed by atoms with van der Waals surface area (Å²) in [5.74, 6) is -0.404. The molecule has 0 N–H and O–H groups in total. The van der Waals surface area contributed by atoms with Crippen molar-refractivity contribution in [2.24, 2.45) is 0 Å². The summed E-state index contributed by atoms with van der Waals surface area (Å²) in [6, 6.07) is 17.3. The number of Topliss-reactive ketones (excluding diaryl/α,β-unsaturated/α-hetero) is 2. The minimum absolute atomic E-state index is 0.0511. The molecule has 2 aromatic carbocycles. The largest absolute Gasteiger partial charge is 0.366 e. The molecule has 0 spiro atoms. The van der Waals surface area contributed by atoms with Gasteiger partial charge in [-0.2, -0.15) is 0 Å². The zero-order chi connectivity index (χ0) is 18.8. The number of carbonyl (C=O) groups is 2. The Balaban J connectivity index is 1.53. The highest BCUT2D eigenvalue weighted by molar-refractivity contribution is 6.49. The fraction of sp³-hybridized carbons (Fsp3) is 0.273. The molecular weight excluding hydrogens is 360 g/mol. The van der Waals surface area contributed by atoms with Gasteiger partial charge >= 0.3 is 0 Å². The molecule has 0 radical (unpaired) electrons. The standard InChI is InChI=1S/C22H21ClN2O2/c23-19-20(22(27)18-10-5-4-9-17(18)21(19)26)25-12-6-11-24(13-14-25)15-16-7-2-1-3-8-16/h1-5,7-10H,6,11-15H2. The van der Waals surface area contributed by atoms with Crippen LogP contribution in [0.4, 0.5) is 0 Å². The zero-order valence-electron chi connectivity index (χ0n) is 15.0. The lowest BCUT2D eigenvalue weighted by atomic mass is 9.92. The summed E-state index contributed by atoms with van der Waals surface area (Å²) < 4.78 is 0. The molecule has 0 atom stereocenters. The van der Waals surface area contributed by atoms with E-state index < -0.39 is 0 Å². The third kappa shape index (κ3) is 3.55. The smallest absolute Gasteiger partial charge is 0.211 e. The highest BCUT2D eigenvalue weighted by Gasteiger charge is 2.34. The van der Waals surface area contributed by atoms with Gasteiger partial charge in [-0.25, -0.2) is 0 Å². The maximum absolute atomic E-state index is 13.0. The number of fused-ring (bicyclic) bond motifs is 1. The lowest BCUT2D eigenvalue weighted by Crippen LogP contribution is -2.36. The first-order valence-corrected chi connectivity index (χ1v) is 9.62. The molecule has 4 rings (SSSR count). The predicted molar refractivity (Wildman–Crippen MR) is 106 cm³/mol. The summed E-state index contributed by atoms with van der Waals surface area (Å²) in [7, 11) is 0. The number of hydrogen-bond acceptors (Lipinski definition) is 4. The van der Waals surface area contributed by atoms with E-state index in [0.29, 0.717) is 23.4 Å². The Hall–Kier alpha value is -2.43. The molecule has 1 aliphatic carbocycles. The van der Waals surface area contributed by atoms with Crippen LogP contribution in [0.2, 0.25) is 0 Å². The van der Waals surface area contributed by atoms with Crippen molar-refractivity contribution in [2.75, 3.05) is 26.2 Å². The van der Waals surface area contributed by atoms with Gasteiger partial charge in [0, 0.05) is 43.9 Å². The molecule has 0 aromatic heterocycles. The summed E-state index contributed by atoms with van der Waals surface area (Å²) in [6.07, 6.45) is 0.920. The molecule has 0 bridgehead atoms. The highest BCUT2D eigenvalue weighted by atomic mass is 35.5. The minimum Gasteiger partial charge on any atom is -0.366 e. The fourth-order valence-electron chi connectivity index (χ4n) is 3.81. The van der Waals surface area contributed by atoms with Crippen molar-refractivity contribution in [2.45, 2.75) is 13.0 Å². The normalized spacial score (nSPS) is 18.5. The van der Waals surface area contributed by atoms with Gasteiger partial charge in [0.05, 0.1) is 0 Å². The average molecular weight is 381 g/mol. The molecular formula is C22H21ClN2O2. The van der Waals surface area contributed by atoms with E-state index in [-0.39, 0.29) is 16.6 Å². The summed E-state index contributed by atoms with van der Waals surface area (Å²) in [5.41, 5.74) is 2.49. The van der Waals surface area contributed by atoms with Crippen molar-refractivity contribution < 1.29 is 9.59 Å². The molecule has 0 saturated carbocycles. The topological polar surface area (TPSA) is 40.6 Å². The van der Waals surface area contributed by atoms with Crippen molar-refractivity contribution in [1.82, 2.24) is 9.80 Å². The lowest BCUT2D eigenvalue weighted by Gasteiger charge is -2.29. The van der Waals surface area contributed by atoms with Gasteiger partial charge in [0.1, 0.15) is 10.7 Å². The van der Waals surface area contributed by atoms with Crippen LogP contribution in [-0.2, 0) is 6.54 Å². The van der Waals surface area contributed by atoms with Gasteiger partial charge in [0.15, 0.2) is 0 Å². The molecule has 4 nitrogen and oxygen atoms in total. The number of rotatable bonds is 3. The van der Waals surface area contributed by atoms with Gasteiger partial charge < -0.3 is 4.90 Å². The maximum atomic E-state index is 13.0. The van der Waals surface area contributed by atoms with Crippen LogP contribution in [0.15, 0.2) is 65.3 Å². The molecule has 1 saturated heterocycles. The van der Waals surface area contributed by atoms with Crippen LogP contribution in [0, 0.1) is 0 Å². The van der Waals surface area contributed by atoms with Gasteiger partial charge in [-0.15, -0.1) is 0 Å². The number of allylic oxidation sites excluding steroid dienone is 2. The van der Waals surface area contributed by atoms with Crippen molar-refractivity contribution in [3.63, 3.8) is 0 Å². The van der Waals surface area contributed by atoms with E-state index in [1.54, 1.807) is 24.3 Å². The van der Waals surface area contributed by atoms with Crippen LogP contribution in [0.1, 0.15) is 32.7 Å².